The zero-order valence-electron chi connectivity index (χ0n) is 20.1. The van der Waals surface area contributed by atoms with Crippen LogP contribution in [0.3, 0.4) is 0 Å². The van der Waals surface area contributed by atoms with Crippen LogP contribution in [0.4, 0.5) is 4.79 Å². The topological polar surface area (TPSA) is 101 Å². The summed E-state index contributed by atoms with van der Waals surface area (Å²) in [5, 5.41) is 10.0. The first kappa shape index (κ1) is 26.1. The third kappa shape index (κ3) is 8.07. The minimum absolute atomic E-state index is 0.0600. The van der Waals surface area contributed by atoms with Crippen LogP contribution in [-0.2, 0) is 35.6 Å². The number of methoxy groups -OCH3 is 1. The van der Waals surface area contributed by atoms with Crippen LogP contribution in [-0.4, -0.2) is 55.0 Å². The van der Waals surface area contributed by atoms with E-state index in [0.29, 0.717) is 12.2 Å². The lowest BCUT2D eigenvalue weighted by Crippen LogP contribution is -2.44. The van der Waals surface area contributed by atoms with Gasteiger partial charge in [-0.05, 0) is 44.2 Å². The fourth-order valence-corrected chi connectivity index (χ4v) is 3.26. The molecule has 1 aromatic carbocycles. The van der Waals surface area contributed by atoms with E-state index in [4.69, 9.17) is 23.7 Å². The van der Waals surface area contributed by atoms with Gasteiger partial charge in [0.2, 0.25) is 0 Å². The molecule has 1 fully saturated rings. The van der Waals surface area contributed by atoms with Crippen molar-refractivity contribution in [2.45, 2.75) is 90.3 Å². The Hall–Kier alpha value is -2.16. The average Bonchev–Trinajstić information content (AvgIpc) is 2.66. The van der Waals surface area contributed by atoms with Gasteiger partial charge in [0, 0.05) is 25.5 Å². The van der Waals surface area contributed by atoms with Crippen LogP contribution in [0.1, 0.15) is 65.5 Å². The lowest BCUT2D eigenvalue weighted by molar-refractivity contribution is -0.216. The summed E-state index contributed by atoms with van der Waals surface area (Å²) in [6.07, 6.45) is -1.90. The second kappa shape index (κ2) is 10.6. The van der Waals surface area contributed by atoms with Crippen LogP contribution in [0, 0.1) is 0 Å². The molecule has 2 rings (SSSR count). The molecule has 180 valence electrons. The Labute approximate surface area is 190 Å². The summed E-state index contributed by atoms with van der Waals surface area (Å²) in [7, 11) is 1.50. The van der Waals surface area contributed by atoms with Gasteiger partial charge in [-0.3, -0.25) is 4.79 Å². The lowest BCUT2D eigenvalue weighted by Gasteiger charge is -2.32. The fraction of sp³-hybridized carbons (Fsp3) is 0.667. The number of esters is 1. The number of aliphatic hydroxyl groups excluding tert-OH is 1. The van der Waals surface area contributed by atoms with Crippen LogP contribution in [0.15, 0.2) is 18.2 Å². The highest BCUT2D eigenvalue weighted by molar-refractivity contribution is 5.70. The van der Waals surface area contributed by atoms with Crippen LogP contribution < -0.4 is 4.74 Å². The molecule has 8 heteroatoms. The van der Waals surface area contributed by atoms with E-state index < -0.39 is 36.2 Å². The molecule has 0 spiro atoms. The molecule has 1 heterocycles. The number of carbonyl (C=O) groups is 2. The molecule has 0 aromatic heterocycles. The summed E-state index contributed by atoms with van der Waals surface area (Å²) >= 11 is 0. The van der Waals surface area contributed by atoms with Crippen molar-refractivity contribution in [2.75, 3.05) is 13.7 Å². The molecule has 3 unspecified atom stereocenters. The SMILES string of the molecule is COC1CC(OC(=O)CCc2ccc(OC(=O)OC(C)(C)C)c(C(C)(C)C)c2)C(O)CO1. The molecule has 0 bridgehead atoms. The second-order valence-electron chi connectivity index (χ2n) is 9.98. The smallest absolute Gasteiger partial charge is 0.459 e. The van der Waals surface area contributed by atoms with Crippen molar-refractivity contribution in [3.05, 3.63) is 29.3 Å². The Kier molecular flexibility index (Phi) is 8.67. The third-order valence-electron chi connectivity index (χ3n) is 4.91. The van der Waals surface area contributed by atoms with Gasteiger partial charge in [0.15, 0.2) is 6.29 Å². The molecule has 0 amide bonds. The highest BCUT2D eigenvalue weighted by Gasteiger charge is 2.33. The van der Waals surface area contributed by atoms with Crippen molar-refractivity contribution < 1.29 is 38.4 Å². The molecule has 32 heavy (non-hydrogen) atoms. The zero-order valence-corrected chi connectivity index (χ0v) is 20.1. The average molecular weight is 453 g/mol. The minimum Gasteiger partial charge on any atom is -0.459 e. The molecule has 0 saturated carbocycles. The number of ether oxygens (including phenoxy) is 5. The number of carbonyl (C=O) groups excluding carboxylic acids is 2. The molecule has 0 radical (unpaired) electrons. The summed E-state index contributed by atoms with van der Waals surface area (Å²) in [6, 6.07) is 5.46. The summed E-state index contributed by atoms with van der Waals surface area (Å²) in [5.74, 6) is 0.0196. The molecule has 1 saturated heterocycles. The Morgan fingerprint density at radius 3 is 2.44 bits per heavy atom. The quantitative estimate of drug-likeness (QED) is 0.512. The lowest BCUT2D eigenvalue weighted by atomic mass is 9.85. The van der Waals surface area contributed by atoms with Crippen LogP contribution >= 0.6 is 0 Å². The van der Waals surface area contributed by atoms with Gasteiger partial charge in [-0.1, -0.05) is 32.9 Å². The Morgan fingerprint density at radius 2 is 1.84 bits per heavy atom. The van der Waals surface area contributed by atoms with Gasteiger partial charge in [-0.25, -0.2) is 4.79 Å². The van der Waals surface area contributed by atoms with Crippen molar-refractivity contribution in [1.29, 1.82) is 0 Å². The van der Waals surface area contributed by atoms with Crippen molar-refractivity contribution in [3.8, 4) is 5.75 Å². The van der Waals surface area contributed by atoms with E-state index in [1.807, 2.05) is 32.9 Å². The van der Waals surface area contributed by atoms with Crippen molar-refractivity contribution in [1.82, 2.24) is 0 Å². The third-order valence-corrected chi connectivity index (χ3v) is 4.91. The molecular formula is C24H36O8. The summed E-state index contributed by atoms with van der Waals surface area (Å²) in [6.45, 7) is 11.4. The Morgan fingerprint density at radius 1 is 1.16 bits per heavy atom. The van der Waals surface area contributed by atoms with E-state index >= 15 is 0 Å². The monoisotopic (exact) mass is 452 g/mol. The zero-order chi connectivity index (χ0) is 24.1. The van der Waals surface area contributed by atoms with E-state index in [1.165, 1.54) is 7.11 Å². The molecule has 8 nitrogen and oxygen atoms in total. The second-order valence-corrected chi connectivity index (χ2v) is 9.98. The molecule has 1 aromatic rings. The number of benzene rings is 1. The predicted octanol–water partition coefficient (Wildman–Crippen LogP) is 3.90. The van der Waals surface area contributed by atoms with E-state index in [1.54, 1.807) is 26.8 Å². The number of aryl methyl sites for hydroxylation is 1. The maximum absolute atomic E-state index is 12.4. The Bertz CT molecular complexity index is 790. The normalized spacial score (nSPS) is 21.7. The van der Waals surface area contributed by atoms with Crippen LogP contribution in [0.25, 0.3) is 0 Å². The van der Waals surface area contributed by atoms with Gasteiger partial charge in [0.05, 0.1) is 6.61 Å². The summed E-state index contributed by atoms with van der Waals surface area (Å²) in [5.41, 5.74) is 0.790. The van der Waals surface area contributed by atoms with E-state index in [0.717, 1.165) is 11.1 Å². The number of hydrogen-bond acceptors (Lipinski definition) is 8. The standard InChI is InChI=1S/C24H36O8/c1-23(2,3)16-12-15(8-10-18(16)31-22(27)32-24(4,5)6)9-11-20(26)30-19-13-21(28-7)29-14-17(19)25/h8,10,12,17,19,21,25H,9,11,13-14H2,1-7H3. The molecule has 1 aliphatic rings. The highest BCUT2D eigenvalue weighted by atomic mass is 16.7. The van der Waals surface area contributed by atoms with Crippen LogP contribution in [0.5, 0.6) is 5.75 Å². The molecular weight excluding hydrogens is 416 g/mol. The molecule has 0 aliphatic carbocycles. The maximum atomic E-state index is 12.4. The summed E-state index contributed by atoms with van der Waals surface area (Å²) < 4.78 is 26.6. The largest absolute Gasteiger partial charge is 0.514 e. The van der Waals surface area contributed by atoms with Crippen molar-refractivity contribution in [3.63, 3.8) is 0 Å². The molecule has 3 atom stereocenters. The number of hydrogen-bond donors (Lipinski definition) is 1. The first-order valence-corrected chi connectivity index (χ1v) is 10.8. The van der Waals surface area contributed by atoms with Gasteiger partial charge in [0.1, 0.15) is 23.6 Å². The van der Waals surface area contributed by atoms with Crippen molar-refractivity contribution in [2.24, 2.45) is 0 Å². The van der Waals surface area contributed by atoms with Gasteiger partial charge in [0.25, 0.3) is 0 Å². The molecule has 1 aliphatic heterocycles. The van der Waals surface area contributed by atoms with Gasteiger partial charge in [-0.15, -0.1) is 0 Å². The Balaban J connectivity index is 2.02. The van der Waals surface area contributed by atoms with Crippen molar-refractivity contribution >= 4 is 12.1 Å². The van der Waals surface area contributed by atoms with Gasteiger partial charge < -0.3 is 28.8 Å². The highest BCUT2D eigenvalue weighted by Crippen LogP contribution is 2.33. The van der Waals surface area contributed by atoms with E-state index in [9.17, 15) is 14.7 Å². The van der Waals surface area contributed by atoms with E-state index in [-0.39, 0.29) is 24.9 Å². The van der Waals surface area contributed by atoms with Gasteiger partial charge >= 0.3 is 12.1 Å². The molecule has 1 N–H and O–H groups in total. The number of aliphatic hydroxyl groups is 1. The minimum atomic E-state index is -0.873. The maximum Gasteiger partial charge on any atom is 0.514 e. The van der Waals surface area contributed by atoms with Gasteiger partial charge in [-0.2, -0.15) is 0 Å². The van der Waals surface area contributed by atoms with Crippen LogP contribution in [0.2, 0.25) is 0 Å². The van der Waals surface area contributed by atoms with E-state index in [2.05, 4.69) is 0 Å². The first-order chi connectivity index (χ1) is 14.8. The first-order valence-electron chi connectivity index (χ1n) is 10.8. The fourth-order valence-electron chi connectivity index (χ4n) is 3.26. The summed E-state index contributed by atoms with van der Waals surface area (Å²) in [4.78, 5) is 24.5. The predicted molar refractivity (Wildman–Crippen MR) is 118 cm³/mol. The number of rotatable bonds is 6.